The van der Waals surface area contributed by atoms with Gasteiger partial charge in [0, 0.05) is 32.1 Å². The number of sulfonamides is 1. The van der Waals surface area contributed by atoms with Gasteiger partial charge in [-0.15, -0.1) is 0 Å². The fraction of sp³-hybridized carbons (Fsp3) is 0.154. The zero-order valence-corrected chi connectivity index (χ0v) is 12.0. The van der Waals surface area contributed by atoms with Crippen molar-refractivity contribution >= 4 is 15.7 Å². The summed E-state index contributed by atoms with van der Waals surface area (Å²) in [6, 6.07) is 8.72. The predicted octanol–water partition coefficient (Wildman–Crippen LogP) is 1.81. The second-order valence-electron chi connectivity index (χ2n) is 4.35. The molecule has 0 unspecified atom stereocenters. The highest BCUT2D eigenvalue weighted by molar-refractivity contribution is 7.89. The topological polar surface area (TPSA) is 93.4 Å². The minimum absolute atomic E-state index is 0.0855. The Morgan fingerprint density at radius 1 is 1.24 bits per heavy atom. The lowest BCUT2D eigenvalue weighted by Gasteiger charge is -2.17. The van der Waals surface area contributed by atoms with E-state index >= 15 is 0 Å². The Morgan fingerprint density at radius 3 is 2.57 bits per heavy atom. The number of pyridine rings is 1. The third-order valence-corrected chi connectivity index (χ3v) is 4.73. The summed E-state index contributed by atoms with van der Waals surface area (Å²) in [7, 11) is -2.57. The van der Waals surface area contributed by atoms with Crippen molar-refractivity contribution in [3.8, 4) is 0 Å². The fourth-order valence-corrected chi connectivity index (χ4v) is 3.14. The average Bonchev–Trinajstić information content (AvgIpc) is 2.48. The van der Waals surface area contributed by atoms with Crippen molar-refractivity contribution in [3.63, 3.8) is 0 Å². The summed E-state index contributed by atoms with van der Waals surface area (Å²) in [5.41, 5.74) is 0.262. The molecule has 0 saturated heterocycles. The molecule has 0 fully saturated rings. The standard InChI is InChI=1S/C13H13N3O4S/c1-15(10-11-5-4-8-14-9-11)21(19,20)13-7-3-2-6-12(13)16(17)18/h2-9H,10H2,1H3. The van der Waals surface area contributed by atoms with Gasteiger partial charge in [0.05, 0.1) is 4.92 Å². The zero-order valence-electron chi connectivity index (χ0n) is 11.2. The van der Waals surface area contributed by atoms with Crippen LogP contribution in [0.4, 0.5) is 5.69 Å². The van der Waals surface area contributed by atoms with E-state index in [1.54, 1.807) is 24.5 Å². The molecule has 0 aliphatic carbocycles. The molecular weight excluding hydrogens is 294 g/mol. The van der Waals surface area contributed by atoms with Crippen molar-refractivity contribution < 1.29 is 13.3 Å². The van der Waals surface area contributed by atoms with Gasteiger partial charge in [-0.25, -0.2) is 8.42 Å². The molecule has 21 heavy (non-hydrogen) atoms. The minimum Gasteiger partial charge on any atom is -0.264 e. The number of aromatic nitrogens is 1. The maximum atomic E-state index is 12.5. The monoisotopic (exact) mass is 307 g/mol. The summed E-state index contributed by atoms with van der Waals surface area (Å²) in [5.74, 6) is 0. The second-order valence-corrected chi connectivity index (χ2v) is 6.36. The van der Waals surface area contributed by atoms with Crippen LogP contribution in [0, 0.1) is 10.1 Å². The summed E-state index contributed by atoms with van der Waals surface area (Å²) in [4.78, 5) is 13.8. The van der Waals surface area contributed by atoms with Crippen LogP contribution in [0.15, 0.2) is 53.7 Å². The fourth-order valence-electron chi connectivity index (χ4n) is 1.83. The van der Waals surface area contributed by atoms with Crippen LogP contribution in [0.2, 0.25) is 0 Å². The van der Waals surface area contributed by atoms with Gasteiger partial charge in [-0.05, 0) is 17.7 Å². The van der Waals surface area contributed by atoms with Crippen molar-refractivity contribution in [3.05, 3.63) is 64.5 Å². The molecule has 2 rings (SSSR count). The van der Waals surface area contributed by atoms with Crippen LogP contribution in [-0.2, 0) is 16.6 Å². The summed E-state index contributed by atoms with van der Waals surface area (Å²) < 4.78 is 26.0. The van der Waals surface area contributed by atoms with Crippen LogP contribution in [0.5, 0.6) is 0 Å². The number of para-hydroxylation sites is 1. The van der Waals surface area contributed by atoms with Gasteiger partial charge in [-0.3, -0.25) is 15.1 Å². The Hall–Kier alpha value is -2.32. The SMILES string of the molecule is CN(Cc1cccnc1)S(=O)(=O)c1ccccc1[N+](=O)[O-]. The number of rotatable bonds is 5. The van der Waals surface area contributed by atoms with Crippen LogP contribution in [0.25, 0.3) is 0 Å². The van der Waals surface area contributed by atoms with E-state index in [9.17, 15) is 18.5 Å². The molecule has 0 aliphatic rings. The Labute approximate surface area is 122 Å². The molecule has 0 aliphatic heterocycles. The summed E-state index contributed by atoms with van der Waals surface area (Å²) in [6.45, 7) is 0.0855. The predicted molar refractivity (Wildman–Crippen MR) is 76.0 cm³/mol. The van der Waals surface area contributed by atoms with Crippen molar-refractivity contribution in [2.45, 2.75) is 11.4 Å². The van der Waals surface area contributed by atoms with Gasteiger partial charge >= 0.3 is 0 Å². The highest BCUT2D eigenvalue weighted by Crippen LogP contribution is 2.26. The first-order valence-electron chi connectivity index (χ1n) is 6.01. The van der Waals surface area contributed by atoms with Gasteiger partial charge in [-0.1, -0.05) is 18.2 Å². The van der Waals surface area contributed by atoms with Gasteiger partial charge in [0.2, 0.25) is 10.0 Å². The smallest absolute Gasteiger partial charge is 0.264 e. The molecule has 110 valence electrons. The van der Waals surface area contributed by atoms with E-state index < -0.39 is 20.6 Å². The van der Waals surface area contributed by atoms with Crippen molar-refractivity contribution in [2.75, 3.05) is 7.05 Å². The van der Waals surface area contributed by atoms with Crippen molar-refractivity contribution in [1.82, 2.24) is 9.29 Å². The summed E-state index contributed by atoms with van der Waals surface area (Å²) >= 11 is 0. The van der Waals surface area contributed by atoms with Crippen LogP contribution in [0.3, 0.4) is 0 Å². The molecule has 0 spiro atoms. The Bertz CT molecular complexity index is 747. The van der Waals surface area contributed by atoms with Crippen molar-refractivity contribution in [1.29, 1.82) is 0 Å². The number of nitro groups is 1. The molecule has 7 nitrogen and oxygen atoms in total. The van der Waals surface area contributed by atoms with Gasteiger partial charge in [0.1, 0.15) is 0 Å². The first-order chi connectivity index (χ1) is 9.93. The Balaban J connectivity index is 2.36. The maximum Gasteiger partial charge on any atom is 0.289 e. The largest absolute Gasteiger partial charge is 0.289 e. The van der Waals surface area contributed by atoms with E-state index in [4.69, 9.17) is 0 Å². The number of hydrogen-bond acceptors (Lipinski definition) is 5. The number of benzene rings is 1. The molecule has 0 radical (unpaired) electrons. The van der Waals surface area contributed by atoms with Gasteiger partial charge < -0.3 is 0 Å². The van der Waals surface area contributed by atoms with E-state index in [2.05, 4.69) is 4.98 Å². The molecule has 1 aromatic heterocycles. The minimum atomic E-state index is -3.95. The number of hydrogen-bond donors (Lipinski definition) is 0. The van der Waals surface area contributed by atoms with E-state index in [1.807, 2.05) is 0 Å². The van der Waals surface area contributed by atoms with E-state index in [0.717, 1.165) is 4.31 Å². The molecule has 2 aromatic rings. The van der Waals surface area contributed by atoms with Crippen LogP contribution in [0.1, 0.15) is 5.56 Å². The highest BCUT2D eigenvalue weighted by Gasteiger charge is 2.28. The van der Waals surface area contributed by atoms with E-state index in [0.29, 0.717) is 5.56 Å². The number of nitrogens with zero attached hydrogens (tertiary/aromatic N) is 3. The van der Waals surface area contributed by atoms with Gasteiger partial charge in [0.25, 0.3) is 5.69 Å². The van der Waals surface area contributed by atoms with Crippen LogP contribution < -0.4 is 0 Å². The van der Waals surface area contributed by atoms with E-state index in [-0.39, 0.29) is 11.4 Å². The van der Waals surface area contributed by atoms with Crippen molar-refractivity contribution in [2.24, 2.45) is 0 Å². The maximum absolute atomic E-state index is 12.5. The highest BCUT2D eigenvalue weighted by atomic mass is 32.2. The first-order valence-corrected chi connectivity index (χ1v) is 7.45. The molecule has 0 atom stereocenters. The summed E-state index contributed by atoms with van der Waals surface area (Å²) in [6.07, 6.45) is 3.13. The van der Waals surface area contributed by atoms with E-state index in [1.165, 1.54) is 31.3 Å². The lowest BCUT2D eigenvalue weighted by atomic mass is 10.3. The number of nitro benzene ring substituents is 1. The normalized spacial score (nSPS) is 11.5. The van der Waals surface area contributed by atoms with Crippen LogP contribution in [-0.4, -0.2) is 29.7 Å². The molecule has 0 bridgehead atoms. The molecule has 1 aromatic carbocycles. The molecule has 0 N–H and O–H groups in total. The second kappa shape index (κ2) is 5.98. The summed E-state index contributed by atoms with van der Waals surface area (Å²) in [5, 5.41) is 11.0. The van der Waals surface area contributed by atoms with Gasteiger partial charge in [-0.2, -0.15) is 4.31 Å². The molecule has 8 heteroatoms. The lowest BCUT2D eigenvalue weighted by molar-refractivity contribution is -0.387. The molecular formula is C13H13N3O4S. The van der Waals surface area contributed by atoms with Gasteiger partial charge in [0.15, 0.2) is 4.90 Å². The molecule has 0 amide bonds. The van der Waals surface area contributed by atoms with Crippen LogP contribution >= 0.6 is 0 Å². The quantitative estimate of drug-likeness (QED) is 0.620. The Kier molecular flexibility index (Phi) is 4.29. The third-order valence-electron chi connectivity index (χ3n) is 2.88. The lowest BCUT2D eigenvalue weighted by Crippen LogP contribution is -2.27. The average molecular weight is 307 g/mol. The third kappa shape index (κ3) is 3.23. The first kappa shape index (κ1) is 15.1. The Morgan fingerprint density at radius 2 is 1.95 bits per heavy atom. The molecule has 0 saturated carbocycles. The zero-order chi connectivity index (χ0) is 15.5. The molecule has 1 heterocycles.